The van der Waals surface area contributed by atoms with Crippen LogP contribution in [0.4, 0.5) is 0 Å². The van der Waals surface area contributed by atoms with Gasteiger partial charge in [0.25, 0.3) is 0 Å². The van der Waals surface area contributed by atoms with Gasteiger partial charge in [-0.3, -0.25) is 34.0 Å². The fourth-order valence-corrected chi connectivity index (χ4v) is 3.80. The molecule has 0 bridgehead atoms. The van der Waals surface area contributed by atoms with Crippen LogP contribution in [0.3, 0.4) is 0 Å². The number of hydrogen-bond donors (Lipinski definition) is 4. The molecule has 0 amide bonds. The van der Waals surface area contributed by atoms with Gasteiger partial charge in [0.2, 0.25) is 0 Å². The zero-order valence-electron chi connectivity index (χ0n) is 18.4. The molecule has 0 spiro atoms. The zero-order chi connectivity index (χ0) is 23.6. The molecule has 0 aromatic heterocycles. The van der Waals surface area contributed by atoms with Gasteiger partial charge in [0.15, 0.2) is 0 Å². The second-order valence-corrected chi connectivity index (χ2v) is 8.32. The van der Waals surface area contributed by atoms with Crippen molar-refractivity contribution >= 4 is 17.9 Å². The summed E-state index contributed by atoms with van der Waals surface area (Å²) in [5, 5.41) is 37.6. The second kappa shape index (κ2) is 13.3. The number of aliphatic hydroxyl groups is 1. The van der Waals surface area contributed by atoms with E-state index in [-0.39, 0.29) is 43.9 Å². The molecule has 1 unspecified atom stereocenters. The lowest BCUT2D eigenvalue weighted by molar-refractivity contribution is -0.141. The van der Waals surface area contributed by atoms with Gasteiger partial charge >= 0.3 is 17.9 Å². The minimum Gasteiger partial charge on any atom is -0.512 e. The second-order valence-electron chi connectivity index (χ2n) is 8.32. The summed E-state index contributed by atoms with van der Waals surface area (Å²) < 4.78 is 0. The lowest BCUT2D eigenvalue weighted by Gasteiger charge is -2.39. The van der Waals surface area contributed by atoms with Gasteiger partial charge in [0.1, 0.15) is 0 Å². The molecule has 11 nitrogen and oxygen atoms in total. The van der Waals surface area contributed by atoms with Gasteiger partial charge in [-0.25, -0.2) is 0 Å². The van der Waals surface area contributed by atoms with Crippen LogP contribution in [0.2, 0.25) is 0 Å². The van der Waals surface area contributed by atoms with Crippen LogP contribution in [0, 0.1) is 5.92 Å². The summed E-state index contributed by atoms with van der Waals surface area (Å²) in [6, 6.07) is -0.207. The Hall–Kier alpha value is -2.21. The maximum Gasteiger partial charge on any atom is 0.317 e. The van der Waals surface area contributed by atoms with Crippen LogP contribution in [-0.2, 0) is 14.4 Å². The van der Waals surface area contributed by atoms with Crippen molar-refractivity contribution in [3.8, 4) is 0 Å². The molecule has 1 rings (SSSR count). The molecule has 4 N–H and O–H groups in total. The number of rotatable bonds is 9. The first kappa shape index (κ1) is 26.8. The summed E-state index contributed by atoms with van der Waals surface area (Å²) in [4.78, 5) is 41.4. The van der Waals surface area contributed by atoms with Crippen LogP contribution in [-0.4, -0.2) is 136 Å². The summed E-state index contributed by atoms with van der Waals surface area (Å²) in [7, 11) is 0. The van der Waals surface area contributed by atoms with Gasteiger partial charge in [-0.2, -0.15) is 0 Å². The van der Waals surface area contributed by atoms with Crippen molar-refractivity contribution in [1.82, 2.24) is 19.6 Å². The van der Waals surface area contributed by atoms with E-state index < -0.39 is 17.9 Å². The van der Waals surface area contributed by atoms with Crippen LogP contribution in [0.25, 0.3) is 0 Å². The highest BCUT2D eigenvalue weighted by Gasteiger charge is 2.28. The number of aliphatic hydroxyl groups excluding tert-OH is 1. The van der Waals surface area contributed by atoms with E-state index in [9.17, 15) is 34.8 Å². The third kappa shape index (κ3) is 11.1. The molecule has 31 heavy (non-hydrogen) atoms. The predicted octanol–water partition coefficient (Wildman–Crippen LogP) is -0.442. The number of hydrogen-bond acceptors (Lipinski definition) is 8. The van der Waals surface area contributed by atoms with Gasteiger partial charge in [0.05, 0.1) is 31.9 Å². The Kier molecular flexibility index (Phi) is 11.5. The normalized spacial score (nSPS) is 21.3. The van der Waals surface area contributed by atoms with E-state index in [4.69, 9.17) is 0 Å². The Bertz CT molecular complexity index is 629. The Morgan fingerprint density at radius 3 is 1.61 bits per heavy atom. The van der Waals surface area contributed by atoms with Crippen molar-refractivity contribution in [2.24, 2.45) is 5.92 Å². The molecule has 11 heteroatoms. The van der Waals surface area contributed by atoms with E-state index in [2.05, 4.69) is 6.58 Å². The average Bonchev–Trinajstić information content (AvgIpc) is 2.61. The SMILES string of the molecule is C=C(O)CN1CCN(CC(=O)O)CCN(CC(=O)O)CC(C(C)C)N(CC(=O)O)CC1. The van der Waals surface area contributed by atoms with Crippen molar-refractivity contribution in [2.75, 3.05) is 72.0 Å². The van der Waals surface area contributed by atoms with Crippen LogP contribution in [0.1, 0.15) is 13.8 Å². The van der Waals surface area contributed by atoms with Crippen molar-refractivity contribution in [1.29, 1.82) is 0 Å². The predicted molar refractivity (Wildman–Crippen MR) is 114 cm³/mol. The van der Waals surface area contributed by atoms with Crippen LogP contribution in [0.5, 0.6) is 0 Å². The number of nitrogens with zero attached hydrogens (tertiary/aromatic N) is 4. The van der Waals surface area contributed by atoms with Gasteiger partial charge < -0.3 is 20.4 Å². The third-order valence-corrected chi connectivity index (χ3v) is 5.31. The Morgan fingerprint density at radius 1 is 0.742 bits per heavy atom. The van der Waals surface area contributed by atoms with Gasteiger partial charge in [-0.1, -0.05) is 20.4 Å². The summed E-state index contributed by atoms with van der Waals surface area (Å²) in [6.45, 7) is 9.89. The van der Waals surface area contributed by atoms with E-state index in [0.717, 1.165) is 0 Å². The fourth-order valence-electron chi connectivity index (χ4n) is 3.80. The van der Waals surface area contributed by atoms with E-state index in [0.29, 0.717) is 45.8 Å². The minimum absolute atomic E-state index is 0.0188. The summed E-state index contributed by atoms with van der Waals surface area (Å²) >= 11 is 0. The number of carbonyl (C=O) groups is 3. The molecule has 178 valence electrons. The first-order chi connectivity index (χ1) is 14.5. The monoisotopic (exact) mass is 444 g/mol. The first-order valence-electron chi connectivity index (χ1n) is 10.4. The quantitative estimate of drug-likeness (QED) is 0.343. The molecular formula is C20H36N4O7. The van der Waals surface area contributed by atoms with Crippen LogP contribution < -0.4 is 0 Å². The molecule has 1 atom stereocenters. The van der Waals surface area contributed by atoms with Crippen molar-refractivity contribution < 1.29 is 34.8 Å². The average molecular weight is 445 g/mol. The maximum absolute atomic E-state index is 11.5. The molecule has 0 aromatic rings. The highest BCUT2D eigenvalue weighted by molar-refractivity contribution is 5.70. The molecule has 0 aromatic carbocycles. The Labute approximate surface area is 183 Å². The van der Waals surface area contributed by atoms with E-state index in [1.54, 1.807) is 9.80 Å². The Balaban J connectivity index is 3.17. The third-order valence-electron chi connectivity index (χ3n) is 5.31. The summed E-state index contributed by atoms with van der Waals surface area (Å²) in [5.74, 6) is -2.88. The number of carboxylic acids is 3. The zero-order valence-corrected chi connectivity index (χ0v) is 18.4. The largest absolute Gasteiger partial charge is 0.512 e. The lowest BCUT2D eigenvalue weighted by atomic mass is 10.0. The molecule has 1 saturated heterocycles. The highest BCUT2D eigenvalue weighted by atomic mass is 16.4. The number of carboxylic acid groups (broad SMARTS) is 3. The first-order valence-corrected chi connectivity index (χ1v) is 10.4. The van der Waals surface area contributed by atoms with E-state index in [1.165, 1.54) is 0 Å². The summed E-state index contributed by atoms with van der Waals surface area (Å²) in [6.07, 6.45) is 0. The topological polar surface area (TPSA) is 145 Å². The van der Waals surface area contributed by atoms with Crippen LogP contribution >= 0.6 is 0 Å². The molecule has 1 fully saturated rings. The molecule has 1 aliphatic heterocycles. The molecular weight excluding hydrogens is 408 g/mol. The molecule has 0 saturated carbocycles. The standard InChI is InChI=1S/C20H36N4O7/c1-15(2)17-11-23(13-19(28)29)7-6-22(12-18(26)27)5-4-21(10-16(3)25)8-9-24(17)14-20(30)31/h15,17,25H,3-14H2,1-2H3,(H,26,27)(H,28,29)(H,30,31). The van der Waals surface area contributed by atoms with Gasteiger partial charge in [-0.05, 0) is 5.92 Å². The van der Waals surface area contributed by atoms with E-state index in [1.807, 2.05) is 23.6 Å². The smallest absolute Gasteiger partial charge is 0.317 e. The number of aliphatic carboxylic acids is 3. The van der Waals surface area contributed by atoms with Crippen molar-refractivity contribution in [3.63, 3.8) is 0 Å². The van der Waals surface area contributed by atoms with Crippen molar-refractivity contribution in [3.05, 3.63) is 12.3 Å². The van der Waals surface area contributed by atoms with Crippen LogP contribution in [0.15, 0.2) is 12.3 Å². The molecule has 1 heterocycles. The molecule has 0 radical (unpaired) electrons. The van der Waals surface area contributed by atoms with E-state index >= 15 is 0 Å². The van der Waals surface area contributed by atoms with Gasteiger partial charge in [0, 0.05) is 51.9 Å². The molecule has 1 aliphatic rings. The minimum atomic E-state index is -0.989. The van der Waals surface area contributed by atoms with Crippen molar-refractivity contribution in [2.45, 2.75) is 19.9 Å². The Morgan fingerprint density at radius 2 is 1.16 bits per heavy atom. The fraction of sp³-hybridized carbons (Fsp3) is 0.750. The highest BCUT2D eigenvalue weighted by Crippen LogP contribution is 2.14. The maximum atomic E-state index is 11.5. The van der Waals surface area contributed by atoms with Gasteiger partial charge in [-0.15, -0.1) is 0 Å². The molecule has 0 aliphatic carbocycles. The summed E-state index contributed by atoms with van der Waals surface area (Å²) in [5.41, 5.74) is 0. The lowest BCUT2D eigenvalue weighted by Crippen LogP contribution is -2.54.